The zero-order valence-electron chi connectivity index (χ0n) is 9.85. The van der Waals surface area contributed by atoms with Crippen molar-refractivity contribution in [2.75, 3.05) is 6.54 Å². The lowest BCUT2D eigenvalue weighted by atomic mass is 10.1. The molecule has 0 heterocycles. The minimum absolute atomic E-state index is 0.0551. The van der Waals surface area contributed by atoms with E-state index in [1.165, 1.54) is 0 Å². The molecular formula is C11H14F3N3O2. The van der Waals surface area contributed by atoms with Crippen molar-refractivity contribution in [3.63, 3.8) is 0 Å². The molecule has 1 atom stereocenters. The number of rotatable bonds is 5. The average molecular weight is 277 g/mol. The maximum atomic E-state index is 12.1. The maximum Gasteiger partial charge on any atom is 0.415 e. The number of halogens is 3. The molecule has 1 aromatic carbocycles. The van der Waals surface area contributed by atoms with Crippen molar-refractivity contribution >= 4 is 5.84 Å². The number of aliphatic hydroxyl groups is 1. The van der Waals surface area contributed by atoms with Gasteiger partial charge < -0.3 is 21.4 Å². The summed E-state index contributed by atoms with van der Waals surface area (Å²) in [7, 11) is 0. The van der Waals surface area contributed by atoms with Crippen LogP contribution >= 0.6 is 0 Å². The van der Waals surface area contributed by atoms with Gasteiger partial charge in [0.05, 0.1) is 0 Å². The van der Waals surface area contributed by atoms with Crippen LogP contribution in [0.2, 0.25) is 0 Å². The van der Waals surface area contributed by atoms with Crippen LogP contribution in [0.25, 0.3) is 0 Å². The van der Waals surface area contributed by atoms with Gasteiger partial charge in [-0.2, -0.15) is 13.2 Å². The van der Waals surface area contributed by atoms with Gasteiger partial charge in [-0.25, -0.2) is 0 Å². The Hall–Kier alpha value is -1.80. The minimum atomic E-state index is -4.65. The second-order valence-electron chi connectivity index (χ2n) is 3.83. The van der Waals surface area contributed by atoms with E-state index in [0.29, 0.717) is 11.1 Å². The number of nitrogens with one attached hydrogen (secondary N) is 1. The number of aliphatic hydroxyl groups excluding tert-OH is 1. The summed E-state index contributed by atoms with van der Waals surface area (Å²) in [5.74, 6) is -0.131. The third kappa shape index (κ3) is 4.42. The van der Waals surface area contributed by atoms with E-state index in [0.717, 1.165) is 0 Å². The molecular weight excluding hydrogens is 263 g/mol. The quantitative estimate of drug-likeness (QED) is 0.277. The zero-order chi connectivity index (χ0) is 14.5. The van der Waals surface area contributed by atoms with Crippen LogP contribution in [0, 0.1) is 0 Å². The number of oxime groups is 1. The van der Waals surface area contributed by atoms with E-state index in [9.17, 15) is 13.2 Å². The topological polar surface area (TPSA) is 90.9 Å². The number of benzene rings is 1. The number of alkyl halides is 3. The molecule has 0 saturated carbocycles. The van der Waals surface area contributed by atoms with Crippen LogP contribution < -0.4 is 11.1 Å². The Labute approximate surface area is 107 Å². The van der Waals surface area contributed by atoms with Crippen molar-refractivity contribution in [1.82, 2.24) is 5.32 Å². The fourth-order valence-electron chi connectivity index (χ4n) is 1.44. The zero-order valence-corrected chi connectivity index (χ0v) is 9.85. The van der Waals surface area contributed by atoms with Crippen LogP contribution in [0.1, 0.15) is 11.1 Å². The van der Waals surface area contributed by atoms with Gasteiger partial charge in [0.1, 0.15) is 0 Å². The van der Waals surface area contributed by atoms with Gasteiger partial charge in [-0.15, -0.1) is 0 Å². The molecule has 0 fully saturated rings. The van der Waals surface area contributed by atoms with Crippen LogP contribution in [-0.2, 0) is 6.54 Å². The second kappa shape index (κ2) is 6.39. The summed E-state index contributed by atoms with van der Waals surface area (Å²) in [6.07, 6.45) is -7.08. The molecule has 0 aliphatic rings. The van der Waals surface area contributed by atoms with Crippen LogP contribution in [0.4, 0.5) is 13.2 Å². The largest absolute Gasteiger partial charge is 0.415 e. The molecule has 0 aromatic heterocycles. The number of nitrogens with two attached hydrogens (primary N) is 1. The van der Waals surface area contributed by atoms with Crippen LogP contribution in [-0.4, -0.2) is 35.0 Å². The summed E-state index contributed by atoms with van der Waals surface area (Å²) in [6.45, 7) is -0.576. The summed E-state index contributed by atoms with van der Waals surface area (Å²) >= 11 is 0. The molecule has 5 N–H and O–H groups in total. The van der Waals surface area contributed by atoms with E-state index in [-0.39, 0.29) is 12.4 Å². The molecule has 0 saturated heterocycles. The van der Waals surface area contributed by atoms with Crippen molar-refractivity contribution in [1.29, 1.82) is 0 Å². The number of nitrogens with zero attached hydrogens (tertiary/aromatic N) is 1. The second-order valence-corrected chi connectivity index (χ2v) is 3.83. The third-order valence-electron chi connectivity index (χ3n) is 2.43. The minimum Gasteiger partial charge on any atom is -0.409 e. The smallest absolute Gasteiger partial charge is 0.409 e. The molecule has 1 unspecified atom stereocenters. The molecule has 0 bridgehead atoms. The Morgan fingerprint density at radius 3 is 2.58 bits per heavy atom. The van der Waals surface area contributed by atoms with E-state index >= 15 is 0 Å². The molecule has 0 radical (unpaired) electrons. The highest BCUT2D eigenvalue weighted by atomic mass is 19.4. The molecule has 106 valence electrons. The van der Waals surface area contributed by atoms with E-state index in [4.69, 9.17) is 16.0 Å². The Bertz CT molecular complexity index is 449. The van der Waals surface area contributed by atoms with Gasteiger partial charge >= 0.3 is 6.18 Å². The van der Waals surface area contributed by atoms with E-state index in [1.54, 1.807) is 24.3 Å². The lowest BCUT2D eigenvalue weighted by Crippen LogP contribution is -2.38. The molecule has 0 amide bonds. The van der Waals surface area contributed by atoms with E-state index in [2.05, 4.69) is 10.5 Å². The van der Waals surface area contributed by atoms with Gasteiger partial charge in [0.25, 0.3) is 0 Å². The highest BCUT2D eigenvalue weighted by Gasteiger charge is 2.37. The van der Waals surface area contributed by atoms with Crippen molar-refractivity contribution < 1.29 is 23.5 Å². The highest BCUT2D eigenvalue weighted by Crippen LogP contribution is 2.19. The third-order valence-corrected chi connectivity index (χ3v) is 2.43. The summed E-state index contributed by atoms with van der Waals surface area (Å²) in [6, 6.07) is 6.53. The standard InChI is InChI=1S/C11H14F3N3O2/c12-11(13,14)9(18)6-16-5-7-3-1-2-4-8(7)10(15)17-19/h1-4,9,16,18-19H,5-6H2,(H2,15,17). The molecule has 19 heavy (non-hydrogen) atoms. The molecule has 5 nitrogen and oxygen atoms in total. The van der Waals surface area contributed by atoms with Gasteiger partial charge in [-0.3, -0.25) is 0 Å². The Morgan fingerprint density at radius 2 is 2.00 bits per heavy atom. The summed E-state index contributed by atoms with van der Waals surface area (Å²) < 4.78 is 36.2. The maximum absolute atomic E-state index is 12.1. The first-order valence-electron chi connectivity index (χ1n) is 5.37. The summed E-state index contributed by atoms with van der Waals surface area (Å²) in [5, 5.41) is 22.7. The first-order valence-corrected chi connectivity index (χ1v) is 5.37. The predicted octanol–water partition coefficient (Wildman–Crippen LogP) is 0.794. The summed E-state index contributed by atoms with van der Waals surface area (Å²) in [4.78, 5) is 0. The fraction of sp³-hybridized carbons (Fsp3) is 0.364. The number of amidine groups is 1. The lowest BCUT2D eigenvalue weighted by molar-refractivity contribution is -0.201. The summed E-state index contributed by atoms with van der Waals surface area (Å²) in [5.41, 5.74) is 6.42. The van der Waals surface area contributed by atoms with Gasteiger partial charge in [-0.05, 0) is 5.56 Å². The molecule has 0 spiro atoms. The Balaban J connectivity index is 2.64. The Kier molecular flexibility index (Phi) is 5.13. The lowest BCUT2D eigenvalue weighted by Gasteiger charge is -2.15. The number of hydrogen-bond acceptors (Lipinski definition) is 4. The van der Waals surface area contributed by atoms with Crippen LogP contribution in [0.15, 0.2) is 29.4 Å². The highest BCUT2D eigenvalue weighted by molar-refractivity contribution is 5.98. The van der Waals surface area contributed by atoms with E-state index in [1.807, 2.05) is 0 Å². The normalized spacial score (nSPS) is 14.4. The first kappa shape index (κ1) is 15.3. The van der Waals surface area contributed by atoms with Crippen LogP contribution in [0.5, 0.6) is 0 Å². The van der Waals surface area contributed by atoms with Crippen molar-refractivity contribution in [3.05, 3.63) is 35.4 Å². The SMILES string of the molecule is N/C(=N/O)c1ccccc1CNCC(O)C(F)(F)F. The molecule has 8 heteroatoms. The van der Waals surface area contributed by atoms with Crippen LogP contribution in [0.3, 0.4) is 0 Å². The van der Waals surface area contributed by atoms with Gasteiger partial charge in [-0.1, -0.05) is 29.4 Å². The predicted molar refractivity (Wildman–Crippen MR) is 62.7 cm³/mol. The molecule has 1 aromatic rings. The average Bonchev–Trinajstić information content (AvgIpc) is 2.37. The van der Waals surface area contributed by atoms with Gasteiger partial charge in [0.2, 0.25) is 0 Å². The molecule has 0 aliphatic carbocycles. The fourth-order valence-corrected chi connectivity index (χ4v) is 1.44. The van der Waals surface area contributed by atoms with Gasteiger partial charge in [0.15, 0.2) is 11.9 Å². The monoisotopic (exact) mass is 277 g/mol. The molecule has 1 rings (SSSR count). The Morgan fingerprint density at radius 1 is 1.37 bits per heavy atom. The van der Waals surface area contributed by atoms with Crippen molar-refractivity contribution in [2.45, 2.75) is 18.8 Å². The van der Waals surface area contributed by atoms with Gasteiger partial charge in [0, 0.05) is 18.7 Å². The first-order chi connectivity index (χ1) is 8.86. The van der Waals surface area contributed by atoms with E-state index < -0.39 is 18.8 Å². The number of hydrogen-bond donors (Lipinski definition) is 4. The van der Waals surface area contributed by atoms with Crippen molar-refractivity contribution in [2.24, 2.45) is 10.9 Å². The molecule has 0 aliphatic heterocycles. The van der Waals surface area contributed by atoms with Crippen molar-refractivity contribution in [3.8, 4) is 0 Å².